The summed E-state index contributed by atoms with van der Waals surface area (Å²) in [5.74, 6) is 1.07. The van der Waals surface area contributed by atoms with Crippen LogP contribution in [0.2, 0.25) is 0 Å². The topological polar surface area (TPSA) is 63.8 Å². The van der Waals surface area contributed by atoms with Gasteiger partial charge in [-0.3, -0.25) is 4.98 Å². The highest BCUT2D eigenvalue weighted by Gasteiger charge is 2.09. The molecule has 2 aromatic heterocycles. The quantitative estimate of drug-likeness (QED) is 0.611. The van der Waals surface area contributed by atoms with Crippen molar-refractivity contribution in [1.29, 1.82) is 0 Å². The Labute approximate surface area is 139 Å². The number of hydrogen-bond acceptors (Lipinski definition) is 5. The third-order valence-electron chi connectivity index (χ3n) is 3.79. The smallest absolute Gasteiger partial charge is 0.247 e. The number of nitrogens with zero attached hydrogens (tertiary/aromatic N) is 3. The number of benzene rings is 2. The van der Waals surface area contributed by atoms with E-state index in [9.17, 15) is 0 Å². The highest BCUT2D eigenvalue weighted by atomic mass is 16.4. The van der Waals surface area contributed by atoms with Crippen molar-refractivity contribution in [1.82, 2.24) is 15.2 Å². The van der Waals surface area contributed by atoms with Gasteiger partial charge in [0.1, 0.15) is 0 Å². The molecule has 5 heteroatoms. The van der Waals surface area contributed by atoms with Crippen molar-refractivity contribution in [2.24, 2.45) is 0 Å². The SMILES string of the molecule is Cc1cccc(-c2nnc(CNc3cccc4cccnc34)o2)c1. The predicted molar refractivity (Wildman–Crippen MR) is 93.5 cm³/mol. The van der Waals surface area contributed by atoms with Crippen LogP contribution in [-0.4, -0.2) is 15.2 Å². The fraction of sp³-hybridized carbons (Fsp3) is 0.105. The average molecular weight is 316 g/mol. The van der Waals surface area contributed by atoms with Gasteiger partial charge in [-0.25, -0.2) is 0 Å². The molecule has 0 saturated heterocycles. The molecule has 4 rings (SSSR count). The maximum absolute atomic E-state index is 5.75. The van der Waals surface area contributed by atoms with Crippen LogP contribution in [0.1, 0.15) is 11.5 Å². The molecule has 118 valence electrons. The Kier molecular flexibility index (Phi) is 3.67. The van der Waals surface area contributed by atoms with Gasteiger partial charge in [-0.15, -0.1) is 10.2 Å². The van der Waals surface area contributed by atoms with E-state index in [0.717, 1.165) is 27.7 Å². The molecule has 4 aromatic rings. The van der Waals surface area contributed by atoms with Gasteiger partial charge in [0.2, 0.25) is 11.8 Å². The Hall–Kier alpha value is -3.21. The number of rotatable bonds is 4. The largest absolute Gasteiger partial charge is 0.419 e. The number of nitrogens with one attached hydrogen (secondary N) is 1. The van der Waals surface area contributed by atoms with Gasteiger partial charge in [0.15, 0.2) is 0 Å². The van der Waals surface area contributed by atoms with Gasteiger partial charge in [0.25, 0.3) is 0 Å². The molecule has 0 amide bonds. The van der Waals surface area contributed by atoms with Crippen LogP contribution in [0.4, 0.5) is 5.69 Å². The Balaban J connectivity index is 1.54. The third-order valence-corrected chi connectivity index (χ3v) is 3.79. The summed E-state index contributed by atoms with van der Waals surface area (Å²) in [5.41, 5.74) is 3.97. The van der Waals surface area contributed by atoms with E-state index in [1.807, 2.05) is 61.5 Å². The third kappa shape index (κ3) is 2.84. The summed E-state index contributed by atoms with van der Waals surface area (Å²) in [6.07, 6.45) is 1.79. The van der Waals surface area contributed by atoms with Gasteiger partial charge < -0.3 is 9.73 Å². The Morgan fingerprint density at radius 3 is 2.79 bits per heavy atom. The summed E-state index contributed by atoms with van der Waals surface area (Å²) in [5, 5.41) is 12.7. The van der Waals surface area contributed by atoms with Crippen LogP contribution in [0.3, 0.4) is 0 Å². The van der Waals surface area contributed by atoms with Crippen LogP contribution >= 0.6 is 0 Å². The summed E-state index contributed by atoms with van der Waals surface area (Å²) in [4.78, 5) is 4.43. The lowest BCUT2D eigenvalue weighted by Gasteiger charge is -2.06. The van der Waals surface area contributed by atoms with E-state index in [0.29, 0.717) is 18.3 Å². The lowest BCUT2D eigenvalue weighted by molar-refractivity contribution is 0.515. The number of fused-ring (bicyclic) bond motifs is 1. The second kappa shape index (κ2) is 6.12. The number of pyridine rings is 1. The molecule has 0 aliphatic heterocycles. The van der Waals surface area contributed by atoms with Crippen LogP contribution in [0.25, 0.3) is 22.4 Å². The molecule has 24 heavy (non-hydrogen) atoms. The first-order chi connectivity index (χ1) is 11.8. The number of anilines is 1. The lowest BCUT2D eigenvalue weighted by Crippen LogP contribution is -2.00. The van der Waals surface area contributed by atoms with Crippen molar-refractivity contribution in [3.63, 3.8) is 0 Å². The molecule has 0 saturated carbocycles. The first-order valence-electron chi connectivity index (χ1n) is 7.77. The minimum atomic E-state index is 0.453. The fourth-order valence-corrected chi connectivity index (χ4v) is 2.64. The maximum Gasteiger partial charge on any atom is 0.247 e. The zero-order valence-electron chi connectivity index (χ0n) is 13.2. The summed E-state index contributed by atoms with van der Waals surface area (Å²) < 4.78 is 5.75. The van der Waals surface area contributed by atoms with Crippen molar-refractivity contribution in [2.45, 2.75) is 13.5 Å². The molecule has 0 atom stereocenters. The summed E-state index contributed by atoms with van der Waals surface area (Å²) in [6.45, 7) is 2.49. The molecule has 0 aliphatic rings. The zero-order valence-corrected chi connectivity index (χ0v) is 13.2. The van der Waals surface area contributed by atoms with Gasteiger partial charge in [0, 0.05) is 17.1 Å². The van der Waals surface area contributed by atoms with Crippen molar-refractivity contribution in [3.05, 3.63) is 72.2 Å². The minimum absolute atomic E-state index is 0.453. The highest BCUT2D eigenvalue weighted by Crippen LogP contribution is 2.22. The summed E-state index contributed by atoms with van der Waals surface area (Å²) >= 11 is 0. The van der Waals surface area contributed by atoms with Crippen LogP contribution in [0.5, 0.6) is 0 Å². The molecule has 0 aliphatic carbocycles. The minimum Gasteiger partial charge on any atom is -0.419 e. The van der Waals surface area contributed by atoms with E-state index in [-0.39, 0.29) is 0 Å². The molecule has 0 fully saturated rings. The highest BCUT2D eigenvalue weighted by molar-refractivity contribution is 5.90. The summed E-state index contributed by atoms with van der Waals surface area (Å²) in [6, 6.07) is 18.0. The van der Waals surface area contributed by atoms with Crippen molar-refractivity contribution >= 4 is 16.6 Å². The molecule has 0 spiro atoms. The average Bonchev–Trinajstić information content (AvgIpc) is 3.09. The maximum atomic E-state index is 5.75. The van der Waals surface area contributed by atoms with E-state index in [2.05, 4.69) is 20.5 Å². The molecule has 0 bridgehead atoms. The standard InChI is InChI=1S/C19H16N4O/c1-13-5-2-7-15(11-13)19-23-22-17(24-19)12-21-16-9-3-6-14-8-4-10-20-18(14)16/h2-11,21H,12H2,1H3. The number of aryl methyl sites for hydroxylation is 1. The molecule has 0 radical (unpaired) electrons. The second-order valence-electron chi connectivity index (χ2n) is 5.60. The van der Waals surface area contributed by atoms with Crippen molar-refractivity contribution in [2.75, 3.05) is 5.32 Å². The van der Waals surface area contributed by atoms with E-state index in [1.54, 1.807) is 6.20 Å². The first-order valence-corrected chi connectivity index (χ1v) is 7.77. The van der Waals surface area contributed by atoms with Gasteiger partial charge in [-0.1, -0.05) is 35.9 Å². The Morgan fingerprint density at radius 2 is 1.88 bits per heavy atom. The summed E-state index contributed by atoms with van der Waals surface area (Å²) in [7, 11) is 0. The van der Waals surface area contributed by atoms with Crippen LogP contribution in [-0.2, 0) is 6.54 Å². The number of hydrogen-bond donors (Lipinski definition) is 1. The monoisotopic (exact) mass is 316 g/mol. The molecule has 1 N–H and O–H groups in total. The number of para-hydroxylation sites is 1. The second-order valence-corrected chi connectivity index (χ2v) is 5.60. The lowest BCUT2D eigenvalue weighted by atomic mass is 10.1. The van der Waals surface area contributed by atoms with Gasteiger partial charge >= 0.3 is 0 Å². The van der Waals surface area contributed by atoms with E-state index in [1.165, 1.54) is 0 Å². The molecule has 0 unspecified atom stereocenters. The molecule has 5 nitrogen and oxygen atoms in total. The zero-order chi connectivity index (χ0) is 16.4. The fourth-order valence-electron chi connectivity index (χ4n) is 2.64. The van der Waals surface area contributed by atoms with Crippen LogP contribution in [0, 0.1) is 6.92 Å². The van der Waals surface area contributed by atoms with E-state index in [4.69, 9.17) is 4.42 Å². The van der Waals surface area contributed by atoms with Crippen molar-refractivity contribution in [3.8, 4) is 11.5 Å². The normalized spacial score (nSPS) is 10.9. The number of aromatic nitrogens is 3. The first kappa shape index (κ1) is 14.4. The Bertz CT molecular complexity index is 988. The van der Waals surface area contributed by atoms with Gasteiger partial charge in [-0.2, -0.15) is 0 Å². The molecule has 2 heterocycles. The predicted octanol–water partition coefficient (Wildman–Crippen LogP) is 4.21. The van der Waals surface area contributed by atoms with E-state index < -0.39 is 0 Å². The molecule has 2 aromatic carbocycles. The molecular weight excluding hydrogens is 300 g/mol. The Morgan fingerprint density at radius 1 is 1.00 bits per heavy atom. The van der Waals surface area contributed by atoms with Gasteiger partial charge in [0.05, 0.1) is 17.7 Å². The van der Waals surface area contributed by atoms with Crippen LogP contribution < -0.4 is 5.32 Å². The molecular formula is C19H16N4O. The van der Waals surface area contributed by atoms with E-state index >= 15 is 0 Å². The van der Waals surface area contributed by atoms with Crippen molar-refractivity contribution < 1.29 is 4.42 Å². The van der Waals surface area contributed by atoms with Crippen LogP contribution in [0.15, 0.2) is 65.2 Å². The van der Waals surface area contributed by atoms with Gasteiger partial charge in [-0.05, 0) is 31.2 Å².